The number of hydrogen-bond acceptors (Lipinski definition) is 1. The molecule has 0 bridgehead atoms. The van der Waals surface area contributed by atoms with Crippen LogP contribution < -0.4 is 0 Å². The lowest BCUT2D eigenvalue weighted by molar-refractivity contribution is -0.536. The predicted molar refractivity (Wildman–Crippen MR) is 85.6 cm³/mol. The highest BCUT2D eigenvalue weighted by atomic mass is 16.4. The maximum absolute atomic E-state index is 11.5. The number of nitrogens with zero attached hydrogens (tertiary/aromatic N) is 1. The first-order chi connectivity index (χ1) is 10.7. The minimum atomic E-state index is -0.692. The largest absolute Gasteiger partial charge is 0.481 e. The quantitative estimate of drug-likeness (QED) is 0.837. The van der Waals surface area contributed by atoms with Gasteiger partial charge in [-0.3, -0.25) is 4.79 Å². The molecule has 2 N–H and O–H groups in total. The van der Waals surface area contributed by atoms with E-state index in [1.807, 2.05) is 13.0 Å². The average Bonchev–Trinajstić information content (AvgIpc) is 2.92. The molecular formula is C18H21N2O2+. The number of rotatable bonds is 2. The molecule has 0 amide bonds. The van der Waals surface area contributed by atoms with E-state index in [0.717, 1.165) is 37.9 Å². The molecule has 0 saturated heterocycles. The molecule has 0 fully saturated rings. The predicted octanol–water partition coefficient (Wildman–Crippen LogP) is 2.66. The minimum Gasteiger partial charge on any atom is -0.481 e. The molecule has 3 heterocycles. The van der Waals surface area contributed by atoms with Gasteiger partial charge in [0.05, 0.1) is 11.8 Å². The summed E-state index contributed by atoms with van der Waals surface area (Å²) in [4.78, 5) is 15.1. The molecule has 2 atom stereocenters. The molecule has 2 unspecified atom stereocenters. The van der Waals surface area contributed by atoms with Crippen molar-refractivity contribution in [2.45, 2.75) is 26.2 Å². The second kappa shape index (κ2) is 4.97. The Morgan fingerprint density at radius 2 is 2.18 bits per heavy atom. The lowest BCUT2D eigenvalue weighted by Gasteiger charge is -2.28. The van der Waals surface area contributed by atoms with Crippen molar-refractivity contribution in [3.8, 4) is 0 Å². The number of para-hydroxylation sites is 1. The van der Waals surface area contributed by atoms with Crippen molar-refractivity contribution < 1.29 is 14.5 Å². The van der Waals surface area contributed by atoms with Gasteiger partial charge in [0.25, 0.3) is 0 Å². The number of aromatic nitrogens is 1. The first kappa shape index (κ1) is 13.6. The Balaban J connectivity index is 1.90. The Morgan fingerprint density at radius 3 is 3.00 bits per heavy atom. The molecule has 2 aliphatic heterocycles. The fourth-order valence-corrected chi connectivity index (χ4v) is 4.15. The SMILES string of the molecule is CC(C(=O)O)C1CCC[N+]2=C1c1[nH]c3ccccc3c1CC2. The van der Waals surface area contributed by atoms with Crippen LogP contribution in [0.5, 0.6) is 0 Å². The van der Waals surface area contributed by atoms with Crippen LogP contribution in [0.4, 0.5) is 0 Å². The van der Waals surface area contributed by atoms with Gasteiger partial charge in [-0.2, -0.15) is 0 Å². The smallest absolute Gasteiger partial charge is 0.307 e. The van der Waals surface area contributed by atoms with Gasteiger partial charge in [-0.15, -0.1) is 0 Å². The third-order valence-electron chi connectivity index (χ3n) is 5.33. The second-order valence-corrected chi connectivity index (χ2v) is 6.52. The highest BCUT2D eigenvalue weighted by Crippen LogP contribution is 2.33. The number of aromatic amines is 1. The normalized spacial score (nSPS) is 22.3. The van der Waals surface area contributed by atoms with Gasteiger partial charge in [-0.05, 0) is 18.1 Å². The summed E-state index contributed by atoms with van der Waals surface area (Å²) in [6.07, 6.45) is 3.09. The van der Waals surface area contributed by atoms with E-state index in [4.69, 9.17) is 0 Å². The summed E-state index contributed by atoms with van der Waals surface area (Å²) < 4.78 is 2.41. The van der Waals surface area contributed by atoms with Crippen LogP contribution in [0.15, 0.2) is 24.3 Å². The molecule has 1 aromatic heterocycles. The molecule has 0 aliphatic carbocycles. The molecule has 2 aliphatic rings. The van der Waals surface area contributed by atoms with Gasteiger partial charge < -0.3 is 10.1 Å². The summed E-state index contributed by atoms with van der Waals surface area (Å²) in [5.41, 5.74) is 4.95. The Morgan fingerprint density at radius 1 is 1.36 bits per heavy atom. The summed E-state index contributed by atoms with van der Waals surface area (Å²) in [6.45, 7) is 3.90. The molecular weight excluding hydrogens is 276 g/mol. The monoisotopic (exact) mass is 297 g/mol. The zero-order chi connectivity index (χ0) is 15.3. The van der Waals surface area contributed by atoms with Crippen molar-refractivity contribution in [2.24, 2.45) is 11.8 Å². The molecule has 0 radical (unpaired) electrons. The maximum Gasteiger partial charge on any atom is 0.307 e. The van der Waals surface area contributed by atoms with E-state index >= 15 is 0 Å². The first-order valence-corrected chi connectivity index (χ1v) is 8.11. The molecule has 0 spiro atoms. The second-order valence-electron chi connectivity index (χ2n) is 6.52. The molecule has 4 rings (SSSR count). The highest BCUT2D eigenvalue weighted by Gasteiger charge is 2.41. The number of nitrogens with one attached hydrogen (secondary N) is 1. The summed E-state index contributed by atoms with van der Waals surface area (Å²) in [7, 11) is 0. The van der Waals surface area contributed by atoms with Gasteiger partial charge in [0, 0.05) is 23.7 Å². The van der Waals surface area contributed by atoms with Gasteiger partial charge in [0.1, 0.15) is 18.8 Å². The molecule has 2 aromatic rings. The van der Waals surface area contributed by atoms with E-state index in [0.29, 0.717) is 0 Å². The minimum absolute atomic E-state index is 0.110. The van der Waals surface area contributed by atoms with Crippen LogP contribution >= 0.6 is 0 Å². The topological polar surface area (TPSA) is 56.1 Å². The van der Waals surface area contributed by atoms with E-state index in [1.54, 1.807) is 0 Å². The Hall–Kier alpha value is -2.10. The van der Waals surface area contributed by atoms with Crippen molar-refractivity contribution in [2.75, 3.05) is 13.1 Å². The molecule has 4 nitrogen and oxygen atoms in total. The number of carboxylic acids is 1. The van der Waals surface area contributed by atoms with E-state index in [1.165, 1.54) is 22.4 Å². The maximum atomic E-state index is 11.5. The van der Waals surface area contributed by atoms with Gasteiger partial charge in [0.15, 0.2) is 0 Å². The number of hydrogen-bond donors (Lipinski definition) is 2. The van der Waals surface area contributed by atoms with Crippen LogP contribution in [-0.2, 0) is 11.2 Å². The lowest BCUT2D eigenvalue weighted by atomic mass is 9.80. The van der Waals surface area contributed by atoms with Crippen LogP contribution in [0.3, 0.4) is 0 Å². The zero-order valence-electron chi connectivity index (χ0n) is 12.8. The van der Waals surface area contributed by atoms with E-state index < -0.39 is 5.97 Å². The lowest BCUT2D eigenvalue weighted by Crippen LogP contribution is -2.42. The fourth-order valence-electron chi connectivity index (χ4n) is 4.15. The number of fused-ring (bicyclic) bond motifs is 4. The van der Waals surface area contributed by atoms with Gasteiger partial charge in [-0.25, -0.2) is 4.58 Å². The van der Waals surface area contributed by atoms with Crippen molar-refractivity contribution >= 4 is 22.6 Å². The van der Waals surface area contributed by atoms with E-state index in [9.17, 15) is 9.90 Å². The first-order valence-electron chi connectivity index (χ1n) is 8.11. The van der Waals surface area contributed by atoms with Crippen molar-refractivity contribution in [3.63, 3.8) is 0 Å². The Kier molecular flexibility index (Phi) is 3.06. The number of carboxylic acid groups (broad SMARTS) is 1. The average molecular weight is 297 g/mol. The Bertz CT molecular complexity index is 787. The van der Waals surface area contributed by atoms with Crippen molar-refractivity contribution in [1.82, 2.24) is 4.98 Å². The molecule has 4 heteroatoms. The van der Waals surface area contributed by atoms with Crippen LogP contribution in [0, 0.1) is 11.8 Å². The van der Waals surface area contributed by atoms with E-state index in [2.05, 4.69) is 27.8 Å². The zero-order valence-corrected chi connectivity index (χ0v) is 12.8. The summed E-state index contributed by atoms with van der Waals surface area (Å²) >= 11 is 0. The molecule has 114 valence electrons. The number of aliphatic carboxylic acids is 1. The number of H-pyrrole nitrogens is 1. The van der Waals surface area contributed by atoms with Gasteiger partial charge in [0.2, 0.25) is 5.71 Å². The fraction of sp³-hybridized carbons (Fsp3) is 0.444. The van der Waals surface area contributed by atoms with Crippen LogP contribution in [0.25, 0.3) is 10.9 Å². The third-order valence-corrected chi connectivity index (χ3v) is 5.33. The summed E-state index contributed by atoms with van der Waals surface area (Å²) in [5, 5.41) is 10.8. The molecule has 22 heavy (non-hydrogen) atoms. The van der Waals surface area contributed by atoms with E-state index in [-0.39, 0.29) is 11.8 Å². The van der Waals surface area contributed by atoms with Crippen molar-refractivity contribution in [3.05, 3.63) is 35.5 Å². The highest BCUT2D eigenvalue weighted by molar-refractivity contribution is 6.05. The molecule has 1 aromatic carbocycles. The number of benzene rings is 1. The standard InChI is InChI=1S/C18H20N2O2/c1-11(18(21)22)12-6-4-9-20-10-8-14-13-5-2-3-7-15(13)19-16(14)17(12)20/h2-3,5,7,11-12H,4,6,8-10H2,1H3,(H,21,22)/p+1. The van der Waals surface area contributed by atoms with Crippen LogP contribution in [0.1, 0.15) is 31.0 Å². The molecule has 0 saturated carbocycles. The summed E-state index contributed by atoms with van der Waals surface area (Å²) in [5.74, 6) is -0.920. The van der Waals surface area contributed by atoms with Crippen molar-refractivity contribution in [1.29, 1.82) is 0 Å². The third kappa shape index (κ3) is 1.90. The number of carbonyl (C=O) groups is 1. The van der Waals surface area contributed by atoms with Crippen LogP contribution in [-0.4, -0.2) is 39.4 Å². The summed E-state index contributed by atoms with van der Waals surface area (Å²) in [6, 6.07) is 8.40. The Labute approximate surface area is 129 Å². The van der Waals surface area contributed by atoms with Crippen LogP contribution in [0.2, 0.25) is 0 Å². The van der Waals surface area contributed by atoms with Gasteiger partial charge >= 0.3 is 5.97 Å². The van der Waals surface area contributed by atoms with Gasteiger partial charge in [-0.1, -0.05) is 25.1 Å².